The minimum absolute atomic E-state index is 1.13. The van der Waals surface area contributed by atoms with Crippen molar-refractivity contribution in [2.24, 2.45) is 0 Å². The standard InChI is InChI=1S/C10H15ClSi/c1-12(2,11)9-8-10-6-4-3-5-7-10/h3-7H,8-9H2,1-2H3. The first-order valence-corrected chi connectivity index (χ1v) is 8.53. The molecule has 0 aliphatic heterocycles. The average Bonchev–Trinajstić information content (AvgIpc) is 2.02. The Kier molecular flexibility index (Phi) is 3.36. The van der Waals surface area contributed by atoms with Crippen molar-refractivity contribution in [1.29, 1.82) is 0 Å². The predicted octanol–water partition coefficient (Wildman–Crippen LogP) is 3.67. The molecule has 0 heterocycles. The summed E-state index contributed by atoms with van der Waals surface area (Å²) < 4.78 is 0. The van der Waals surface area contributed by atoms with Crippen LogP contribution in [0.15, 0.2) is 30.3 Å². The molecule has 0 aliphatic carbocycles. The first-order chi connectivity index (χ1) is 5.58. The van der Waals surface area contributed by atoms with Crippen molar-refractivity contribution in [3.63, 3.8) is 0 Å². The van der Waals surface area contributed by atoms with Gasteiger partial charge in [0.15, 0.2) is 7.38 Å². The Morgan fingerprint density at radius 1 is 1.17 bits per heavy atom. The summed E-state index contributed by atoms with van der Waals surface area (Å²) in [5, 5.41) is 0. The maximum absolute atomic E-state index is 6.22. The molecule has 0 nitrogen and oxygen atoms in total. The number of rotatable bonds is 3. The SMILES string of the molecule is C[Si](C)(Cl)CCc1ccccc1. The molecule has 0 fully saturated rings. The fourth-order valence-corrected chi connectivity index (χ4v) is 2.25. The topological polar surface area (TPSA) is 0 Å². The quantitative estimate of drug-likeness (QED) is 0.514. The normalized spacial score (nSPS) is 11.6. The number of aryl methyl sites for hydroxylation is 1. The van der Waals surface area contributed by atoms with E-state index in [-0.39, 0.29) is 0 Å². The Hall–Kier alpha value is -0.273. The van der Waals surface area contributed by atoms with E-state index in [0.29, 0.717) is 0 Å². The number of hydrogen-bond acceptors (Lipinski definition) is 0. The van der Waals surface area contributed by atoms with Gasteiger partial charge in [0.1, 0.15) is 0 Å². The third-order valence-corrected chi connectivity index (χ3v) is 3.86. The zero-order valence-corrected chi connectivity index (χ0v) is 9.43. The maximum Gasteiger partial charge on any atom is 0.150 e. The largest absolute Gasteiger partial charge is 0.168 e. The van der Waals surface area contributed by atoms with Gasteiger partial charge in [-0.25, -0.2) is 0 Å². The Labute approximate surface area is 80.3 Å². The van der Waals surface area contributed by atoms with Crippen molar-refractivity contribution < 1.29 is 0 Å². The van der Waals surface area contributed by atoms with E-state index in [1.165, 1.54) is 11.6 Å². The predicted molar refractivity (Wildman–Crippen MR) is 58.3 cm³/mol. The van der Waals surface area contributed by atoms with E-state index in [9.17, 15) is 0 Å². The highest BCUT2D eigenvalue weighted by Gasteiger charge is 2.15. The molecule has 0 N–H and O–H groups in total. The highest BCUT2D eigenvalue weighted by molar-refractivity contribution is 7.19. The van der Waals surface area contributed by atoms with Gasteiger partial charge in [-0.05, 0) is 18.0 Å². The average molecular weight is 199 g/mol. The molecule has 0 saturated heterocycles. The van der Waals surface area contributed by atoms with Gasteiger partial charge >= 0.3 is 0 Å². The molecule has 0 bridgehead atoms. The van der Waals surface area contributed by atoms with Crippen LogP contribution in [0.25, 0.3) is 0 Å². The lowest BCUT2D eigenvalue weighted by molar-refractivity contribution is 1.11. The van der Waals surface area contributed by atoms with E-state index in [2.05, 4.69) is 37.4 Å². The third-order valence-electron chi connectivity index (χ3n) is 1.85. The van der Waals surface area contributed by atoms with Gasteiger partial charge in [-0.2, -0.15) is 11.1 Å². The minimum Gasteiger partial charge on any atom is -0.168 e. The first-order valence-electron chi connectivity index (χ1n) is 4.31. The van der Waals surface area contributed by atoms with Gasteiger partial charge in [-0.15, -0.1) is 0 Å². The summed E-state index contributed by atoms with van der Waals surface area (Å²) in [6, 6.07) is 11.7. The first kappa shape index (κ1) is 9.81. The maximum atomic E-state index is 6.22. The van der Waals surface area contributed by atoms with Crippen molar-refractivity contribution in [1.82, 2.24) is 0 Å². The summed E-state index contributed by atoms with van der Waals surface area (Å²) in [5.41, 5.74) is 1.40. The summed E-state index contributed by atoms with van der Waals surface area (Å²) in [6.07, 6.45) is 1.13. The van der Waals surface area contributed by atoms with Crippen LogP contribution >= 0.6 is 11.1 Å². The van der Waals surface area contributed by atoms with Gasteiger partial charge < -0.3 is 0 Å². The van der Waals surface area contributed by atoms with Crippen LogP contribution in [-0.2, 0) is 6.42 Å². The lowest BCUT2D eigenvalue weighted by Gasteiger charge is -2.11. The monoisotopic (exact) mass is 198 g/mol. The van der Waals surface area contributed by atoms with Crippen LogP contribution in [0.3, 0.4) is 0 Å². The second-order valence-corrected chi connectivity index (χ2v) is 10.7. The van der Waals surface area contributed by atoms with Crippen LogP contribution < -0.4 is 0 Å². The molecule has 1 aromatic carbocycles. The highest BCUT2D eigenvalue weighted by atomic mass is 35.6. The summed E-state index contributed by atoms with van der Waals surface area (Å²) in [4.78, 5) is 0. The number of halogens is 1. The second kappa shape index (κ2) is 4.10. The summed E-state index contributed by atoms with van der Waals surface area (Å²) in [5.74, 6) is 0. The van der Waals surface area contributed by atoms with Crippen molar-refractivity contribution in [3.05, 3.63) is 35.9 Å². The molecule has 2 heteroatoms. The van der Waals surface area contributed by atoms with Gasteiger partial charge in [0.2, 0.25) is 0 Å². The third kappa shape index (κ3) is 3.93. The van der Waals surface area contributed by atoms with Gasteiger partial charge in [-0.3, -0.25) is 0 Å². The molecule has 0 amide bonds. The van der Waals surface area contributed by atoms with Crippen LogP contribution in [0.4, 0.5) is 0 Å². The van der Waals surface area contributed by atoms with E-state index in [1.54, 1.807) is 0 Å². The Bertz CT molecular complexity index is 225. The van der Waals surface area contributed by atoms with Crippen LogP contribution in [-0.4, -0.2) is 7.38 Å². The number of hydrogen-bond donors (Lipinski definition) is 0. The molecule has 1 rings (SSSR count). The molecular weight excluding hydrogens is 184 g/mol. The van der Waals surface area contributed by atoms with Gasteiger partial charge in [-0.1, -0.05) is 43.4 Å². The van der Waals surface area contributed by atoms with E-state index < -0.39 is 7.38 Å². The minimum atomic E-state index is -1.37. The van der Waals surface area contributed by atoms with Crippen molar-refractivity contribution in [3.8, 4) is 0 Å². The highest BCUT2D eigenvalue weighted by Crippen LogP contribution is 2.17. The Balaban J connectivity index is 2.44. The van der Waals surface area contributed by atoms with Crippen molar-refractivity contribution in [2.45, 2.75) is 25.6 Å². The van der Waals surface area contributed by atoms with Gasteiger partial charge in [0, 0.05) is 0 Å². The van der Waals surface area contributed by atoms with Crippen molar-refractivity contribution >= 4 is 18.5 Å². The summed E-state index contributed by atoms with van der Waals surface area (Å²) in [6.45, 7) is 4.38. The molecule has 0 saturated carbocycles. The molecule has 12 heavy (non-hydrogen) atoms. The van der Waals surface area contributed by atoms with Crippen molar-refractivity contribution in [2.75, 3.05) is 0 Å². The van der Waals surface area contributed by atoms with Crippen LogP contribution in [0.2, 0.25) is 19.1 Å². The van der Waals surface area contributed by atoms with E-state index >= 15 is 0 Å². The molecule has 0 radical (unpaired) electrons. The Morgan fingerprint density at radius 3 is 2.25 bits per heavy atom. The van der Waals surface area contributed by atoms with Gasteiger partial charge in [0.25, 0.3) is 0 Å². The van der Waals surface area contributed by atoms with Crippen LogP contribution in [0.5, 0.6) is 0 Å². The summed E-state index contributed by atoms with van der Waals surface area (Å²) >= 11 is 6.22. The summed E-state index contributed by atoms with van der Waals surface area (Å²) in [7, 11) is -1.37. The zero-order chi connectivity index (χ0) is 9.03. The van der Waals surface area contributed by atoms with Gasteiger partial charge in [0.05, 0.1) is 0 Å². The Morgan fingerprint density at radius 2 is 1.75 bits per heavy atom. The molecule has 66 valence electrons. The van der Waals surface area contributed by atoms with Crippen LogP contribution in [0, 0.1) is 0 Å². The lowest BCUT2D eigenvalue weighted by atomic mass is 10.2. The number of benzene rings is 1. The molecular formula is C10H15ClSi. The van der Waals surface area contributed by atoms with Crippen LogP contribution in [0.1, 0.15) is 5.56 Å². The van der Waals surface area contributed by atoms with E-state index in [0.717, 1.165) is 6.42 Å². The molecule has 0 unspecified atom stereocenters. The van der Waals surface area contributed by atoms with E-state index in [1.807, 2.05) is 6.07 Å². The molecule has 0 atom stereocenters. The molecule has 0 spiro atoms. The molecule has 1 aromatic rings. The smallest absolute Gasteiger partial charge is 0.150 e. The fourth-order valence-electron chi connectivity index (χ4n) is 1.09. The fraction of sp³-hybridized carbons (Fsp3) is 0.400. The second-order valence-electron chi connectivity index (χ2n) is 3.70. The lowest BCUT2D eigenvalue weighted by Crippen LogP contribution is -2.16. The zero-order valence-electron chi connectivity index (χ0n) is 7.68. The van der Waals surface area contributed by atoms with E-state index in [4.69, 9.17) is 11.1 Å². The molecule has 0 aromatic heterocycles. The molecule has 0 aliphatic rings.